The first kappa shape index (κ1) is 15.8. The Labute approximate surface area is 128 Å². The van der Waals surface area contributed by atoms with Crippen LogP contribution in [0, 0.1) is 11.8 Å². The number of thiophene rings is 1. The summed E-state index contributed by atoms with van der Waals surface area (Å²) in [4.78, 5) is 23.3. The van der Waals surface area contributed by atoms with E-state index in [1.165, 1.54) is 43.1 Å². The number of aliphatic carboxylic acids is 1. The number of nitrogens with one attached hydrogen (secondary N) is 1. The van der Waals surface area contributed by atoms with Crippen molar-refractivity contribution in [1.29, 1.82) is 0 Å². The van der Waals surface area contributed by atoms with Crippen LogP contribution in [-0.4, -0.2) is 23.5 Å². The molecule has 0 aliphatic heterocycles. The van der Waals surface area contributed by atoms with Gasteiger partial charge in [0.2, 0.25) is 0 Å². The lowest BCUT2D eigenvalue weighted by molar-refractivity contribution is -0.131. The quantitative estimate of drug-likeness (QED) is 0.819. The highest BCUT2D eigenvalue weighted by molar-refractivity contribution is 7.11. The van der Waals surface area contributed by atoms with E-state index in [0.29, 0.717) is 17.4 Å². The van der Waals surface area contributed by atoms with E-state index in [9.17, 15) is 9.59 Å². The third-order valence-corrected chi connectivity index (χ3v) is 4.98. The largest absolute Gasteiger partial charge is 0.478 e. The Hall–Kier alpha value is -1.62. The van der Waals surface area contributed by atoms with Crippen LogP contribution in [0.5, 0.6) is 0 Å². The molecule has 1 amide bonds. The minimum Gasteiger partial charge on any atom is -0.478 e. The maximum absolute atomic E-state index is 12.1. The summed E-state index contributed by atoms with van der Waals surface area (Å²) >= 11 is 1.37. The van der Waals surface area contributed by atoms with Gasteiger partial charge in [-0.3, -0.25) is 4.79 Å². The molecular formula is C16H21NO3S. The van der Waals surface area contributed by atoms with Gasteiger partial charge < -0.3 is 10.4 Å². The molecule has 4 nitrogen and oxygen atoms in total. The van der Waals surface area contributed by atoms with E-state index < -0.39 is 5.97 Å². The van der Waals surface area contributed by atoms with Crippen LogP contribution in [0.2, 0.25) is 0 Å². The Balaban J connectivity index is 1.87. The SMILES string of the molecule is CC1CCCCC1CNC(=O)c1csc(C=CC(=O)O)c1. The Morgan fingerprint density at radius 2 is 2.19 bits per heavy atom. The monoisotopic (exact) mass is 307 g/mol. The van der Waals surface area contributed by atoms with Crippen LogP contribution >= 0.6 is 11.3 Å². The van der Waals surface area contributed by atoms with Crippen molar-refractivity contribution in [1.82, 2.24) is 5.32 Å². The third-order valence-electron chi connectivity index (χ3n) is 4.09. The molecule has 21 heavy (non-hydrogen) atoms. The molecule has 0 spiro atoms. The zero-order valence-electron chi connectivity index (χ0n) is 12.2. The summed E-state index contributed by atoms with van der Waals surface area (Å²) < 4.78 is 0. The second-order valence-corrected chi connectivity index (χ2v) is 6.58. The number of hydrogen-bond acceptors (Lipinski definition) is 3. The van der Waals surface area contributed by atoms with Gasteiger partial charge >= 0.3 is 5.97 Å². The molecule has 1 aromatic heterocycles. The molecule has 1 fully saturated rings. The molecule has 1 aromatic rings. The van der Waals surface area contributed by atoms with E-state index in [0.717, 1.165) is 17.5 Å². The molecule has 2 atom stereocenters. The van der Waals surface area contributed by atoms with Gasteiger partial charge in [0.15, 0.2) is 0 Å². The summed E-state index contributed by atoms with van der Waals surface area (Å²) in [7, 11) is 0. The number of rotatable bonds is 5. The standard InChI is InChI=1S/C16H21NO3S/c1-11-4-2-3-5-12(11)9-17-16(20)13-8-14(21-10-13)6-7-15(18)19/h6-8,10-12H,2-5,9H2,1H3,(H,17,20)(H,18,19). The van der Waals surface area contributed by atoms with Gasteiger partial charge in [0.1, 0.15) is 0 Å². The van der Waals surface area contributed by atoms with Crippen LogP contribution in [0.4, 0.5) is 0 Å². The predicted octanol–water partition coefficient (Wildman–Crippen LogP) is 3.40. The highest BCUT2D eigenvalue weighted by Gasteiger charge is 2.21. The number of amides is 1. The van der Waals surface area contributed by atoms with Crippen LogP contribution in [0.15, 0.2) is 17.5 Å². The molecule has 0 radical (unpaired) electrons. The lowest BCUT2D eigenvalue weighted by Gasteiger charge is -2.28. The smallest absolute Gasteiger partial charge is 0.328 e. The van der Waals surface area contributed by atoms with Gasteiger partial charge in [-0.2, -0.15) is 0 Å². The van der Waals surface area contributed by atoms with Crippen LogP contribution in [0.25, 0.3) is 6.08 Å². The number of carbonyl (C=O) groups excluding carboxylic acids is 1. The van der Waals surface area contributed by atoms with Crippen molar-refractivity contribution < 1.29 is 14.7 Å². The van der Waals surface area contributed by atoms with Crippen LogP contribution < -0.4 is 5.32 Å². The molecule has 2 unspecified atom stereocenters. The first-order valence-corrected chi connectivity index (χ1v) is 8.22. The summed E-state index contributed by atoms with van der Waals surface area (Å²) in [6, 6.07) is 1.73. The Bertz CT molecular complexity index is 535. The first-order chi connectivity index (χ1) is 10.1. The molecule has 1 heterocycles. The fourth-order valence-corrected chi connectivity index (χ4v) is 3.51. The van der Waals surface area contributed by atoms with Crippen molar-refractivity contribution in [3.63, 3.8) is 0 Å². The lowest BCUT2D eigenvalue weighted by Crippen LogP contribution is -2.33. The molecule has 2 rings (SSSR count). The Morgan fingerprint density at radius 3 is 2.90 bits per heavy atom. The van der Waals surface area contributed by atoms with Crippen LogP contribution in [0.1, 0.15) is 47.8 Å². The van der Waals surface area contributed by atoms with Crippen molar-refractivity contribution in [2.24, 2.45) is 11.8 Å². The maximum Gasteiger partial charge on any atom is 0.328 e. The normalized spacial score (nSPS) is 22.3. The van der Waals surface area contributed by atoms with Crippen LogP contribution in [0.3, 0.4) is 0 Å². The minimum absolute atomic E-state index is 0.0704. The molecule has 1 aliphatic rings. The Morgan fingerprint density at radius 1 is 1.43 bits per heavy atom. The summed E-state index contributed by atoms with van der Waals surface area (Å²) in [6.07, 6.45) is 7.59. The molecule has 5 heteroatoms. The van der Waals surface area contributed by atoms with E-state index in [2.05, 4.69) is 12.2 Å². The van der Waals surface area contributed by atoms with Crippen molar-refractivity contribution in [2.75, 3.05) is 6.54 Å². The zero-order chi connectivity index (χ0) is 15.2. The second-order valence-electron chi connectivity index (χ2n) is 5.64. The fraction of sp³-hybridized carbons (Fsp3) is 0.500. The van der Waals surface area contributed by atoms with Crippen molar-refractivity contribution in [3.8, 4) is 0 Å². The second kappa shape index (κ2) is 7.41. The molecule has 0 bridgehead atoms. The van der Waals surface area contributed by atoms with Gasteiger partial charge in [-0.25, -0.2) is 4.79 Å². The van der Waals surface area contributed by atoms with Crippen molar-refractivity contribution in [3.05, 3.63) is 28.0 Å². The van der Waals surface area contributed by atoms with Gasteiger partial charge in [0.25, 0.3) is 5.91 Å². The van der Waals surface area contributed by atoms with E-state index in [1.54, 1.807) is 11.4 Å². The van der Waals surface area contributed by atoms with Crippen molar-refractivity contribution >= 4 is 29.3 Å². The molecule has 0 saturated heterocycles. The molecule has 114 valence electrons. The number of carbonyl (C=O) groups is 2. The highest BCUT2D eigenvalue weighted by atomic mass is 32.1. The molecule has 1 saturated carbocycles. The summed E-state index contributed by atoms with van der Waals surface area (Å²) in [5, 5.41) is 13.4. The molecule has 1 aliphatic carbocycles. The van der Waals surface area contributed by atoms with Crippen molar-refractivity contribution in [2.45, 2.75) is 32.6 Å². The summed E-state index contributed by atoms with van der Waals surface area (Å²) in [5.74, 6) is 0.197. The van der Waals surface area contributed by atoms with E-state index >= 15 is 0 Å². The van der Waals surface area contributed by atoms with Gasteiger partial charge in [-0.1, -0.05) is 26.2 Å². The first-order valence-electron chi connectivity index (χ1n) is 7.34. The predicted molar refractivity (Wildman–Crippen MR) is 84.4 cm³/mol. The van der Waals surface area contributed by atoms with Gasteiger partial charge in [0.05, 0.1) is 5.56 Å². The van der Waals surface area contributed by atoms with Gasteiger partial charge in [-0.15, -0.1) is 11.3 Å². The molecule has 2 N–H and O–H groups in total. The summed E-state index contributed by atoms with van der Waals surface area (Å²) in [5.41, 5.74) is 0.605. The summed E-state index contributed by atoms with van der Waals surface area (Å²) in [6.45, 7) is 2.99. The topological polar surface area (TPSA) is 66.4 Å². The van der Waals surface area contributed by atoms with E-state index in [-0.39, 0.29) is 5.91 Å². The lowest BCUT2D eigenvalue weighted by atomic mass is 9.80. The van der Waals surface area contributed by atoms with Gasteiger partial charge in [-0.05, 0) is 30.4 Å². The van der Waals surface area contributed by atoms with E-state index in [4.69, 9.17) is 5.11 Å². The molecule has 0 aromatic carbocycles. The third kappa shape index (κ3) is 4.70. The highest BCUT2D eigenvalue weighted by Crippen LogP contribution is 2.29. The number of hydrogen-bond donors (Lipinski definition) is 2. The minimum atomic E-state index is -0.985. The van der Waals surface area contributed by atoms with Gasteiger partial charge in [0, 0.05) is 22.9 Å². The number of carboxylic acids is 1. The maximum atomic E-state index is 12.1. The van der Waals surface area contributed by atoms with E-state index in [1.807, 2.05) is 0 Å². The Kier molecular flexibility index (Phi) is 5.56. The average Bonchev–Trinajstić information content (AvgIpc) is 2.93. The zero-order valence-corrected chi connectivity index (χ0v) is 13.0. The number of carboxylic acid groups (broad SMARTS) is 1. The molecular weight excluding hydrogens is 286 g/mol. The average molecular weight is 307 g/mol. The van der Waals surface area contributed by atoms with Crippen LogP contribution in [-0.2, 0) is 4.79 Å². The fourth-order valence-electron chi connectivity index (χ4n) is 2.73.